The molecule has 0 fully saturated rings. The van der Waals surface area contributed by atoms with E-state index in [4.69, 9.17) is 9.47 Å². The number of aromatic amines is 1. The third kappa shape index (κ3) is 5.21. The Kier molecular flexibility index (Phi) is 6.55. The highest BCUT2D eigenvalue weighted by atomic mass is 16.6. The number of aromatic nitrogens is 3. The van der Waals surface area contributed by atoms with Gasteiger partial charge in [0.1, 0.15) is 12.3 Å². The van der Waals surface area contributed by atoms with E-state index in [1.165, 1.54) is 19.4 Å². The fourth-order valence-corrected chi connectivity index (χ4v) is 2.70. The minimum atomic E-state index is -0.629. The second-order valence-electron chi connectivity index (χ2n) is 6.49. The zero-order valence-electron chi connectivity index (χ0n) is 17.1. The lowest BCUT2D eigenvalue weighted by Crippen LogP contribution is -2.15. The first kappa shape index (κ1) is 21.4. The summed E-state index contributed by atoms with van der Waals surface area (Å²) >= 11 is 0. The maximum absolute atomic E-state index is 11.7. The van der Waals surface area contributed by atoms with Crippen LogP contribution in [0.4, 0.5) is 11.5 Å². The summed E-state index contributed by atoms with van der Waals surface area (Å²) in [5.74, 6) is 0.383. The van der Waals surface area contributed by atoms with Gasteiger partial charge in [0.05, 0.1) is 18.2 Å². The molecule has 0 aliphatic carbocycles. The number of ether oxygens (including phenoxy) is 2. The molecule has 0 aliphatic rings. The van der Waals surface area contributed by atoms with Crippen LogP contribution in [0, 0.1) is 24.0 Å². The van der Waals surface area contributed by atoms with Crippen LogP contribution in [-0.2, 0) is 6.61 Å². The molecule has 1 heterocycles. The highest BCUT2D eigenvalue weighted by molar-refractivity contribution is 5.83. The van der Waals surface area contributed by atoms with Gasteiger partial charge in [-0.25, -0.2) is 9.89 Å². The average molecular weight is 424 g/mol. The Morgan fingerprint density at radius 2 is 2.06 bits per heavy atom. The van der Waals surface area contributed by atoms with Gasteiger partial charge in [0, 0.05) is 11.6 Å². The minimum absolute atomic E-state index is 0.0252. The maximum Gasteiger partial charge on any atom is 0.363 e. The number of H-pyrrole nitrogens is 1. The molecular weight excluding hydrogens is 404 g/mol. The Hall–Kier alpha value is -4.28. The Morgan fingerprint density at radius 3 is 2.77 bits per heavy atom. The molecule has 3 rings (SSSR count). The third-order valence-electron chi connectivity index (χ3n) is 4.37. The normalized spacial score (nSPS) is 10.8. The molecule has 3 aromatic rings. The van der Waals surface area contributed by atoms with Crippen LogP contribution in [0.2, 0.25) is 0 Å². The Morgan fingerprint density at radius 1 is 1.29 bits per heavy atom. The van der Waals surface area contributed by atoms with E-state index >= 15 is 0 Å². The quantitative estimate of drug-likeness (QED) is 0.319. The van der Waals surface area contributed by atoms with E-state index in [9.17, 15) is 14.9 Å². The molecule has 0 atom stereocenters. The van der Waals surface area contributed by atoms with Crippen molar-refractivity contribution in [2.24, 2.45) is 5.10 Å². The van der Waals surface area contributed by atoms with Crippen molar-refractivity contribution in [2.75, 3.05) is 12.5 Å². The van der Waals surface area contributed by atoms with Crippen LogP contribution in [0.1, 0.15) is 22.4 Å². The van der Waals surface area contributed by atoms with E-state index in [1.54, 1.807) is 13.0 Å². The van der Waals surface area contributed by atoms with E-state index in [0.29, 0.717) is 11.3 Å². The van der Waals surface area contributed by atoms with E-state index in [1.807, 2.05) is 31.2 Å². The van der Waals surface area contributed by atoms with Gasteiger partial charge in [-0.3, -0.25) is 15.5 Å². The molecule has 0 unspecified atom stereocenters. The number of hydrogen-bond acceptors (Lipinski definition) is 9. The number of hydrazone groups is 1. The zero-order valence-corrected chi connectivity index (χ0v) is 17.1. The number of rotatable bonds is 8. The molecule has 11 nitrogen and oxygen atoms in total. The van der Waals surface area contributed by atoms with Gasteiger partial charge in [0.25, 0.3) is 0 Å². The molecule has 1 aromatic heterocycles. The molecule has 0 bridgehead atoms. The van der Waals surface area contributed by atoms with Crippen molar-refractivity contribution in [1.29, 1.82) is 0 Å². The fourth-order valence-electron chi connectivity index (χ4n) is 2.70. The highest BCUT2D eigenvalue weighted by Crippen LogP contribution is 2.38. The van der Waals surface area contributed by atoms with Crippen molar-refractivity contribution < 1.29 is 14.4 Å². The summed E-state index contributed by atoms with van der Waals surface area (Å²) in [5, 5.41) is 21.6. The Bertz CT molecular complexity index is 1190. The highest BCUT2D eigenvalue weighted by Gasteiger charge is 2.22. The maximum atomic E-state index is 11.7. The van der Waals surface area contributed by atoms with E-state index in [0.717, 1.165) is 11.1 Å². The third-order valence-corrected chi connectivity index (χ3v) is 4.37. The number of nitro benzene ring substituents is 1. The van der Waals surface area contributed by atoms with Crippen LogP contribution in [-0.4, -0.2) is 33.4 Å². The zero-order chi connectivity index (χ0) is 22.4. The summed E-state index contributed by atoms with van der Waals surface area (Å²) in [6.07, 6.45) is 1.34. The summed E-state index contributed by atoms with van der Waals surface area (Å²) in [6, 6.07) is 10.5. The van der Waals surface area contributed by atoms with Crippen LogP contribution >= 0.6 is 0 Å². The minimum Gasteiger partial charge on any atom is -0.493 e. The number of hydrogen-bond donors (Lipinski definition) is 2. The molecule has 160 valence electrons. The molecule has 0 radical (unpaired) electrons. The van der Waals surface area contributed by atoms with E-state index < -0.39 is 10.6 Å². The predicted octanol–water partition coefficient (Wildman–Crippen LogP) is 2.72. The molecule has 2 N–H and O–H groups in total. The van der Waals surface area contributed by atoms with Crippen molar-refractivity contribution in [2.45, 2.75) is 20.5 Å². The molecule has 0 saturated carbocycles. The first-order chi connectivity index (χ1) is 14.9. The largest absolute Gasteiger partial charge is 0.493 e. The van der Waals surface area contributed by atoms with Crippen LogP contribution in [0.25, 0.3) is 0 Å². The lowest BCUT2D eigenvalue weighted by atomic mass is 10.1. The topological polar surface area (TPSA) is 145 Å². The summed E-state index contributed by atoms with van der Waals surface area (Å²) in [7, 11) is 1.40. The van der Waals surface area contributed by atoms with Crippen molar-refractivity contribution >= 4 is 17.7 Å². The van der Waals surface area contributed by atoms with Crippen LogP contribution in [0.3, 0.4) is 0 Å². The molecule has 0 aliphatic heterocycles. The summed E-state index contributed by atoms with van der Waals surface area (Å²) in [4.78, 5) is 26.1. The number of benzene rings is 2. The number of aryl methyl sites for hydroxylation is 2. The smallest absolute Gasteiger partial charge is 0.363 e. The first-order valence-corrected chi connectivity index (χ1v) is 9.15. The summed E-state index contributed by atoms with van der Waals surface area (Å²) < 4.78 is 11.1. The van der Waals surface area contributed by atoms with Gasteiger partial charge in [0.2, 0.25) is 5.75 Å². The van der Waals surface area contributed by atoms with Gasteiger partial charge in [-0.15, -0.1) is 0 Å². The van der Waals surface area contributed by atoms with Crippen LogP contribution in [0.5, 0.6) is 11.5 Å². The predicted molar refractivity (Wildman–Crippen MR) is 114 cm³/mol. The number of methoxy groups -OCH3 is 1. The number of nitrogens with one attached hydrogen (secondary N) is 2. The van der Waals surface area contributed by atoms with Gasteiger partial charge in [0.15, 0.2) is 11.6 Å². The molecule has 0 amide bonds. The van der Waals surface area contributed by atoms with Gasteiger partial charge in [-0.2, -0.15) is 15.2 Å². The van der Waals surface area contributed by atoms with Crippen LogP contribution < -0.4 is 20.6 Å². The summed E-state index contributed by atoms with van der Waals surface area (Å²) in [5.41, 5.74) is 4.43. The van der Waals surface area contributed by atoms with Crippen molar-refractivity contribution in [3.05, 3.63) is 79.4 Å². The molecule has 0 saturated heterocycles. The number of anilines is 1. The SMILES string of the molecule is COc1cc(/C=N/Nc2nc(=O)[nH]nc2C)cc([N+](=O)[O-])c1OCc1ccccc1C. The first-order valence-electron chi connectivity index (χ1n) is 9.15. The van der Waals surface area contributed by atoms with Crippen LogP contribution in [0.15, 0.2) is 46.3 Å². The lowest BCUT2D eigenvalue weighted by molar-refractivity contribution is -0.386. The average Bonchev–Trinajstić information content (AvgIpc) is 2.75. The molecule has 0 spiro atoms. The molecule has 31 heavy (non-hydrogen) atoms. The van der Waals surface area contributed by atoms with E-state index in [-0.39, 0.29) is 29.6 Å². The molecule has 2 aromatic carbocycles. The second kappa shape index (κ2) is 9.48. The van der Waals surface area contributed by atoms with Crippen molar-refractivity contribution in [3.8, 4) is 11.5 Å². The monoisotopic (exact) mass is 424 g/mol. The molecule has 11 heteroatoms. The van der Waals surface area contributed by atoms with Gasteiger partial charge < -0.3 is 9.47 Å². The van der Waals surface area contributed by atoms with Gasteiger partial charge in [-0.05, 0) is 31.0 Å². The van der Waals surface area contributed by atoms with Crippen molar-refractivity contribution in [1.82, 2.24) is 15.2 Å². The lowest BCUT2D eigenvalue weighted by Gasteiger charge is -2.13. The van der Waals surface area contributed by atoms with Gasteiger partial charge in [-0.1, -0.05) is 24.3 Å². The standard InChI is InChI=1S/C20H20N6O5/c1-12-6-4-5-7-15(12)11-31-18-16(26(28)29)8-14(9-17(18)30-3)10-21-24-19-13(2)23-25-20(27)22-19/h4-10H,11H2,1-3H3,(H2,22,24,25,27)/b21-10+. The Labute approximate surface area is 176 Å². The Balaban J connectivity index is 1.87. The number of nitrogens with zero attached hydrogens (tertiary/aromatic N) is 4. The molecular formula is C20H20N6O5. The number of nitro groups is 1. The van der Waals surface area contributed by atoms with E-state index in [2.05, 4.69) is 25.7 Å². The second-order valence-corrected chi connectivity index (χ2v) is 6.49. The van der Waals surface area contributed by atoms with Crippen molar-refractivity contribution in [3.63, 3.8) is 0 Å². The van der Waals surface area contributed by atoms with Gasteiger partial charge >= 0.3 is 11.4 Å². The fraction of sp³-hybridized carbons (Fsp3) is 0.200. The summed E-state index contributed by atoms with van der Waals surface area (Å²) in [6.45, 7) is 3.72.